The second kappa shape index (κ2) is 8.07. The van der Waals surface area contributed by atoms with Crippen molar-refractivity contribution in [3.8, 4) is 11.5 Å². The number of rotatable bonds is 5. The van der Waals surface area contributed by atoms with Gasteiger partial charge in [0.25, 0.3) is 5.91 Å². The predicted octanol–water partition coefficient (Wildman–Crippen LogP) is 3.89. The third-order valence-electron chi connectivity index (χ3n) is 6.57. The molecular weight excluding hydrogens is 426 g/mol. The van der Waals surface area contributed by atoms with Gasteiger partial charge in [-0.2, -0.15) is 0 Å². The fourth-order valence-corrected chi connectivity index (χ4v) is 3.90. The summed E-state index contributed by atoms with van der Waals surface area (Å²) in [4.78, 5) is 13.1. The molecule has 1 amide bonds. The highest BCUT2D eigenvalue weighted by molar-refractivity contribution is 6.62. The number of nitrogens with zero attached hydrogens (tertiary/aromatic N) is 1. The number of carbonyl (C=O) groups is 1. The average Bonchev–Trinajstić information content (AvgIpc) is 3.20. The molecule has 1 fully saturated rings. The van der Waals surface area contributed by atoms with Crippen LogP contribution in [0.4, 0.5) is 10.1 Å². The van der Waals surface area contributed by atoms with E-state index in [1.807, 2.05) is 45.9 Å². The number of methoxy groups -OCH3 is 2. The minimum atomic E-state index is -0.890. The lowest BCUT2D eigenvalue weighted by Crippen LogP contribution is -2.41. The van der Waals surface area contributed by atoms with E-state index < -0.39 is 30.0 Å². The van der Waals surface area contributed by atoms with E-state index >= 15 is 4.39 Å². The van der Waals surface area contributed by atoms with Gasteiger partial charge in [0.1, 0.15) is 23.0 Å². The van der Waals surface area contributed by atoms with Crippen LogP contribution in [0.2, 0.25) is 0 Å². The van der Waals surface area contributed by atoms with Crippen molar-refractivity contribution in [1.29, 1.82) is 0 Å². The fourth-order valence-electron chi connectivity index (χ4n) is 3.90. The first-order valence-corrected chi connectivity index (χ1v) is 10.7. The van der Waals surface area contributed by atoms with E-state index in [-0.39, 0.29) is 11.2 Å². The summed E-state index contributed by atoms with van der Waals surface area (Å²) in [6.45, 7) is 7.59. The molecule has 1 saturated heterocycles. The van der Waals surface area contributed by atoms with Gasteiger partial charge in [0.15, 0.2) is 0 Å². The van der Waals surface area contributed by atoms with Gasteiger partial charge in [0.05, 0.1) is 36.6 Å². The van der Waals surface area contributed by atoms with Crippen LogP contribution in [0.3, 0.4) is 0 Å². The maximum absolute atomic E-state index is 15.1. The van der Waals surface area contributed by atoms with E-state index in [9.17, 15) is 4.79 Å². The van der Waals surface area contributed by atoms with Crippen molar-refractivity contribution in [2.75, 3.05) is 19.5 Å². The van der Waals surface area contributed by atoms with Crippen LogP contribution in [-0.2, 0) is 16.4 Å². The second-order valence-electron chi connectivity index (χ2n) is 9.10. The van der Waals surface area contributed by atoms with Crippen molar-refractivity contribution < 1.29 is 28.0 Å². The monoisotopic (exact) mass is 454 g/mol. The third-order valence-corrected chi connectivity index (χ3v) is 6.57. The molecule has 0 unspecified atom stereocenters. The normalized spacial score (nSPS) is 16.8. The summed E-state index contributed by atoms with van der Waals surface area (Å²) >= 11 is 0. The van der Waals surface area contributed by atoms with Crippen LogP contribution in [0.1, 0.15) is 38.2 Å². The van der Waals surface area contributed by atoms with Gasteiger partial charge in [-0.05, 0) is 52.0 Å². The molecule has 1 aromatic heterocycles. The number of aromatic nitrogens is 1. The lowest BCUT2D eigenvalue weighted by atomic mass is 9.78. The Labute approximate surface area is 192 Å². The maximum atomic E-state index is 15.1. The number of ether oxygens (including phenoxy) is 2. The Morgan fingerprint density at radius 1 is 1.03 bits per heavy atom. The van der Waals surface area contributed by atoms with Gasteiger partial charge in [-0.25, -0.2) is 4.39 Å². The standard InChI is InChI=1S/C24H28BFN2O5/c1-23(2)24(3,4)33-25(32-23)15-12-21(31-7)17(13-16(15)26)27-22(29)19-11-14-18(28(19)5)9-8-10-20(14)30-6/h8-13H,1-7H3,(H,27,29). The topological polar surface area (TPSA) is 70.9 Å². The highest BCUT2D eigenvalue weighted by Crippen LogP contribution is 2.37. The quantitative estimate of drug-likeness (QED) is 0.593. The molecule has 1 N–H and O–H groups in total. The molecule has 0 bridgehead atoms. The minimum Gasteiger partial charge on any atom is -0.496 e. The van der Waals surface area contributed by atoms with Crippen molar-refractivity contribution in [3.05, 3.63) is 47.9 Å². The molecule has 2 aromatic carbocycles. The summed E-state index contributed by atoms with van der Waals surface area (Å²) in [5, 5.41) is 3.57. The van der Waals surface area contributed by atoms with Gasteiger partial charge in [-0.3, -0.25) is 4.79 Å². The van der Waals surface area contributed by atoms with E-state index in [4.69, 9.17) is 18.8 Å². The number of hydrogen-bond donors (Lipinski definition) is 1. The van der Waals surface area contributed by atoms with Crippen molar-refractivity contribution >= 4 is 35.1 Å². The molecule has 1 aliphatic rings. The van der Waals surface area contributed by atoms with Gasteiger partial charge in [-0.15, -0.1) is 0 Å². The van der Waals surface area contributed by atoms with E-state index in [1.165, 1.54) is 19.2 Å². The summed E-state index contributed by atoms with van der Waals surface area (Å²) in [6.07, 6.45) is 0. The van der Waals surface area contributed by atoms with Crippen molar-refractivity contribution in [2.24, 2.45) is 7.05 Å². The van der Waals surface area contributed by atoms with Crippen LogP contribution in [0.15, 0.2) is 36.4 Å². The van der Waals surface area contributed by atoms with Crippen molar-refractivity contribution in [1.82, 2.24) is 4.57 Å². The molecule has 9 heteroatoms. The summed E-state index contributed by atoms with van der Waals surface area (Å²) < 4.78 is 39.7. The zero-order valence-electron chi connectivity index (χ0n) is 19.9. The van der Waals surface area contributed by atoms with Crippen molar-refractivity contribution in [3.63, 3.8) is 0 Å². The Balaban J connectivity index is 1.66. The van der Waals surface area contributed by atoms with Crippen LogP contribution in [-0.4, -0.2) is 43.0 Å². The van der Waals surface area contributed by atoms with Crippen LogP contribution in [0, 0.1) is 5.82 Å². The van der Waals surface area contributed by atoms with Crippen LogP contribution in [0.5, 0.6) is 11.5 Å². The number of aryl methyl sites for hydroxylation is 1. The second-order valence-corrected chi connectivity index (χ2v) is 9.10. The van der Waals surface area contributed by atoms with Crippen LogP contribution >= 0.6 is 0 Å². The van der Waals surface area contributed by atoms with Crippen LogP contribution in [0.25, 0.3) is 10.9 Å². The Morgan fingerprint density at radius 2 is 1.67 bits per heavy atom. The number of fused-ring (bicyclic) bond motifs is 1. The summed E-state index contributed by atoms with van der Waals surface area (Å²) in [5.41, 5.74) is 0.427. The molecule has 33 heavy (non-hydrogen) atoms. The molecule has 0 radical (unpaired) electrons. The summed E-state index contributed by atoms with van der Waals surface area (Å²) in [5.74, 6) is -0.0107. The number of benzene rings is 2. The number of amides is 1. The molecule has 0 atom stereocenters. The highest BCUT2D eigenvalue weighted by Gasteiger charge is 2.52. The van der Waals surface area contributed by atoms with E-state index in [0.717, 1.165) is 10.9 Å². The lowest BCUT2D eigenvalue weighted by Gasteiger charge is -2.32. The molecule has 4 rings (SSSR count). The van der Waals surface area contributed by atoms with Gasteiger partial charge in [0.2, 0.25) is 0 Å². The van der Waals surface area contributed by atoms with Crippen LogP contribution < -0.4 is 20.3 Å². The molecule has 2 heterocycles. The molecule has 0 spiro atoms. The van der Waals surface area contributed by atoms with E-state index in [2.05, 4.69) is 5.32 Å². The SMILES string of the molecule is COc1cc(B2OC(C)(C)C(C)(C)O2)c(F)cc1NC(=O)c1cc2c(OC)cccc2n1C. The smallest absolute Gasteiger partial charge is 0.496 e. The first-order valence-electron chi connectivity index (χ1n) is 10.7. The maximum Gasteiger partial charge on any atom is 0.497 e. The number of nitrogens with one attached hydrogen (secondary N) is 1. The number of anilines is 1. The van der Waals surface area contributed by atoms with Crippen molar-refractivity contribution in [2.45, 2.75) is 38.9 Å². The molecule has 3 aromatic rings. The van der Waals surface area contributed by atoms with Gasteiger partial charge >= 0.3 is 7.12 Å². The minimum absolute atomic E-state index is 0.206. The van der Waals surface area contributed by atoms with E-state index in [0.29, 0.717) is 17.2 Å². The predicted molar refractivity (Wildman–Crippen MR) is 126 cm³/mol. The first kappa shape index (κ1) is 23.1. The third kappa shape index (κ3) is 3.85. The molecule has 174 valence electrons. The molecule has 1 aliphatic heterocycles. The zero-order valence-corrected chi connectivity index (χ0v) is 19.9. The average molecular weight is 454 g/mol. The Kier molecular flexibility index (Phi) is 5.66. The Bertz CT molecular complexity index is 1220. The summed E-state index contributed by atoms with van der Waals surface area (Å²) in [7, 11) is 3.94. The first-order chi connectivity index (χ1) is 15.5. The van der Waals surface area contributed by atoms with Gasteiger partial charge < -0.3 is 28.7 Å². The zero-order chi connectivity index (χ0) is 24.1. The van der Waals surface area contributed by atoms with Gasteiger partial charge in [-0.1, -0.05) is 6.07 Å². The number of halogens is 1. The fraction of sp³-hybridized carbons (Fsp3) is 0.375. The molecule has 0 saturated carbocycles. The summed E-state index contributed by atoms with van der Waals surface area (Å²) in [6, 6.07) is 10.0. The molecule has 7 nitrogen and oxygen atoms in total. The Morgan fingerprint density at radius 3 is 2.27 bits per heavy atom. The lowest BCUT2D eigenvalue weighted by molar-refractivity contribution is 0.00578. The molecular formula is C24H28BFN2O5. The largest absolute Gasteiger partial charge is 0.497 e. The van der Waals surface area contributed by atoms with E-state index in [1.54, 1.807) is 24.8 Å². The number of carbonyl (C=O) groups excluding carboxylic acids is 1. The number of hydrogen-bond acceptors (Lipinski definition) is 5. The van der Waals surface area contributed by atoms with Gasteiger partial charge in [0, 0.05) is 24.0 Å². The highest BCUT2D eigenvalue weighted by atomic mass is 19.1. The Hall–Kier alpha value is -3.04. The molecule has 0 aliphatic carbocycles.